The number of hydrogen-bond acceptors (Lipinski definition) is 5. The van der Waals surface area contributed by atoms with Gasteiger partial charge in [0, 0.05) is 25.1 Å². The highest BCUT2D eigenvalue weighted by Crippen LogP contribution is 2.31. The van der Waals surface area contributed by atoms with Gasteiger partial charge >= 0.3 is 0 Å². The van der Waals surface area contributed by atoms with Gasteiger partial charge in [0.25, 0.3) is 5.91 Å². The van der Waals surface area contributed by atoms with E-state index in [1.807, 2.05) is 24.3 Å². The van der Waals surface area contributed by atoms with E-state index in [9.17, 15) is 4.79 Å². The van der Waals surface area contributed by atoms with Crippen LogP contribution in [0.25, 0.3) is 0 Å². The quantitative estimate of drug-likeness (QED) is 0.745. The summed E-state index contributed by atoms with van der Waals surface area (Å²) in [7, 11) is 3.31. The van der Waals surface area contributed by atoms with Crippen molar-refractivity contribution in [3.8, 4) is 11.5 Å². The number of nitrogens with one attached hydrogen (secondary N) is 2. The largest absolute Gasteiger partial charge is 0.493 e. The van der Waals surface area contributed by atoms with Gasteiger partial charge < -0.3 is 29.3 Å². The number of quaternary nitrogens is 1. The Kier molecular flexibility index (Phi) is 6.40. The number of para-hydroxylation sites is 2. The molecular formula is C23H30N3O4+. The first-order valence-electron chi connectivity index (χ1n) is 10.5. The smallest absolute Gasteiger partial charge is 0.279 e. The minimum Gasteiger partial charge on any atom is -0.493 e. The summed E-state index contributed by atoms with van der Waals surface area (Å²) in [6.45, 7) is 5.26. The Bertz CT molecular complexity index is 896. The zero-order chi connectivity index (χ0) is 20.9. The highest BCUT2D eigenvalue weighted by atomic mass is 16.5. The minimum atomic E-state index is 0.0367. The average molecular weight is 413 g/mol. The number of ether oxygens (including phenoxy) is 3. The maximum Gasteiger partial charge on any atom is 0.279 e. The molecule has 1 amide bonds. The zero-order valence-corrected chi connectivity index (χ0v) is 17.7. The number of fused-ring (bicyclic) bond motifs is 1. The van der Waals surface area contributed by atoms with E-state index >= 15 is 0 Å². The van der Waals surface area contributed by atoms with Crippen LogP contribution in [0.3, 0.4) is 0 Å². The topological polar surface area (TPSA) is 64.5 Å². The van der Waals surface area contributed by atoms with Crippen LogP contribution in [0.2, 0.25) is 0 Å². The second-order valence-corrected chi connectivity index (χ2v) is 7.74. The molecule has 2 N–H and O–H groups in total. The van der Waals surface area contributed by atoms with E-state index in [1.165, 1.54) is 16.0 Å². The van der Waals surface area contributed by atoms with Crippen LogP contribution in [0.1, 0.15) is 11.1 Å². The molecule has 2 aliphatic rings. The van der Waals surface area contributed by atoms with Crippen molar-refractivity contribution in [1.29, 1.82) is 0 Å². The van der Waals surface area contributed by atoms with Crippen molar-refractivity contribution in [2.45, 2.75) is 13.0 Å². The monoisotopic (exact) mass is 412 g/mol. The van der Waals surface area contributed by atoms with Crippen molar-refractivity contribution in [3.63, 3.8) is 0 Å². The van der Waals surface area contributed by atoms with E-state index in [-0.39, 0.29) is 5.91 Å². The third-order valence-electron chi connectivity index (χ3n) is 5.83. The fourth-order valence-corrected chi connectivity index (χ4v) is 4.26. The standard InChI is InChI=1S/C23H29N3O4/c1-28-21-13-17-7-8-25(15-18(17)14-22(21)29-2)16-23(27)24-19-5-3-4-6-20(19)26-9-11-30-12-10-26/h3-6,13-14H,7-12,15-16H2,1-2H3,(H,24,27)/p+1. The lowest BCUT2D eigenvalue weighted by atomic mass is 9.99. The van der Waals surface area contributed by atoms with Crippen molar-refractivity contribution < 1.29 is 23.9 Å². The SMILES string of the molecule is COc1cc2c(cc1OC)C[NH+](CC(=O)Nc1ccccc1N1CCOCC1)CC2. The Morgan fingerprint density at radius 2 is 1.80 bits per heavy atom. The first-order valence-corrected chi connectivity index (χ1v) is 10.5. The summed E-state index contributed by atoms with van der Waals surface area (Å²) in [5.41, 5.74) is 4.42. The lowest BCUT2D eigenvalue weighted by molar-refractivity contribution is -0.907. The Morgan fingerprint density at radius 3 is 2.53 bits per heavy atom. The summed E-state index contributed by atoms with van der Waals surface area (Å²) in [4.78, 5) is 16.3. The summed E-state index contributed by atoms with van der Waals surface area (Å²) in [6, 6.07) is 12.1. The molecule has 7 nitrogen and oxygen atoms in total. The van der Waals surface area contributed by atoms with Gasteiger partial charge in [-0.3, -0.25) is 4.79 Å². The number of carbonyl (C=O) groups excluding carboxylic acids is 1. The zero-order valence-electron chi connectivity index (χ0n) is 17.7. The molecule has 0 aromatic heterocycles. The summed E-state index contributed by atoms with van der Waals surface area (Å²) >= 11 is 0. The van der Waals surface area contributed by atoms with Gasteiger partial charge in [-0.05, 0) is 29.8 Å². The van der Waals surface area contributed by atoms with Gasteiger partial charge in [-0.15, -0.1) is 0 Å². The number of rotatable bonds is 6. The summed E-state index contributed by atoms with van der Waals surface area (Å²) in [6.07, 6.45) is 0.919. The molecule has 0 radical (unpaired) electrons. The molecule has 2 aromatic rings. The van der Waals surface area contributed by atoms with Crippen molar-refractivity contribution in [3.05, 3.63) is 47.5 Å². The van der Waals surface area contributed by atoms with Crippen LogP contribution >= 0.6 is 0 Å². The fourth-order valence-electron chi connectivity index (χ4n) is 4.26. The molecule has 7 heteroatoms. The third kappa shape index (κ3) is 4.52. The average Bonchev–Trinajstić information content (AvgIpc) is 2.79. The Labute approximate surface area is 177 Å². The van der Waals surface area contributed by atoms with Gasteiger partial charge in [-0.1, -0.05) is 12.1 Å². The number of anilines is 2. The van der Waals surface area contributed by atoms with Crippen molar-refractivity contribution in [1.82, 2.24) is 0 Å². The van der Waals surface area contributed by atoms with Gasteiger partial charge in [0.15, 0.2) is 18.0 Å². The van der Waals surface area contributed by atoms with Crippen LogP contribution in [0.15, 0.2) is 36.4 Å². The van der Waals surface area contributed by atoms with E-state index < -0.39 is 0 Å². The van der Waals surface area contributed by atoms with Crippen molar-refractivity contribution in [2.24, 2.45) is 0 Å². The van der Waals surface area contributed by atoms with E-state index in [4.69, 9.17) is 14.2 Å². The molecule has 1 atom stereocenters. The van der Waals surface area contributed by atoms with Crippen LogP contribution in [0, 0.1) is 0 Å². The number of nitrogens with zero attached hydrogens (tertiary/aromatic N) is 1. The molecule has 30 heavy (non-hydrogen) atoms. The first-order chi connectivity index (χ1) is 14.7. The van der Waals surface area contributed by atoms with Crippen LogP contribution in [-0.2, 0) is 22.5 Å². The van der Waals surface area contributed by atoms with Gasteiger partial charge in [0.2, 0.25) is 0 Å². The van der Waals surface area contributed by atoms with Gasteiger partial charge in [-0.25, -0.2) is 0 Å². The molecule has 2 aliphatic heterocycles. The highest BCUT2D eigenvalue weighted by molar-refractivity contribution is 5.95. The predicted molar refractivity (Wildman–Crippen MR) is 116 cm³/mol. The second kappa shape index (κ2) is 9.36. The van der Waals surface area contributed by atoms with Gasteiger partial charge in [0.1, 0.15) is 6.54 Å². The molecule has 1 fully saturated rings. The molecule has 2 aromatic carbocycles. The number of hydrogen-bond donors (Lipinski definition) is 2. The fraction of sp³-hybridized carbons (Fsp3) is 0.435. The lowest BCUT2D eigenvalue weighted by Crippen LogP contribution is -3.12. The summed E-state index contributed by atoms with van der Waals surface area (Å²) in [5.74, 6) is 1.54. The molecule has 1 unspecified atom stereocenters. The lowest BCUT2D eigenvalue weighted by Gasteiger charge is -2.30. The van der Waals surface area contributed by atoms with E-state index in [1.54, 1.807) is 14.2 Å². The molecule has 0 saturated carbocycles. The maximum absolute atomic E-state index is 12.8. The number of amides is 1. The number of methoxy groups -OCH3 is 2. The normalized spacial score (nSPS) is 18.5. The molecule has 1 saturated heterocycles. The minimum absolute atomic E-state index is 0.0367. The maximum atomic E-state index is 12.8. The second-order valence-electron chi connectivity index (χ2n) is 7.74. The molecule has 0 aliphatic carbocycles. The molecule has 0 bridgehead atoms. The van der Waals surface area contributed by atoms with Crippen LogP contribution in [0.4, 0.5) is 11.4 Å². The summed E-state index contributed by atoms with van der Waals surface area (Å²) in [5, 5.41) is 3.13. The number of benzene rings is 2. The molecule has 0 spiro atoms. The Hall–Kier alpha value is -2.77. The Morgan fingerprint density at radius 1 is 1.10 bits per heavy atom. The van der Waals surface area contributed by atoms with E-state index in [0.29, 0.717) is 19.8 Å². The molecule has 2 heterocycles. The van der Waals surface area contributed by atoms with Gasteiger partial charge in [-0.2, -0.15) is 0 Å². The van der Waals surface area contributed by atoms with E-state index in [2.05, 4.69) is 22.3 Å². The van der Waals surface area contributed by atoms with Crippen molar-refractivity contribution >= 4 is 17.3 Å². The van der Waals surface area contributed by atoms with Gasteiger partial charge in [0.05, 0.1) is 45.4 Å². The number of morpholine rings is 1. The van der Waals surface area contributed by atoms with Crippen LogP contribution < -0.4 is 24.6 Å². The van der Waals surface area contributed by atoms with E-state index in [0.717, 1.165) is 55.5 Å². The van der Waals surface area contributed by atoms with Crippen LogP contribution in [0.5, 0.6) is 11.5 Å². The molecule has 160 valence electrons. The van der Waals surface area contributed by atoms with Crippen molar-refractivity contribution in [2.75, 3.05) is 63.8 Å². The molecule has 4 rings (SSSR count). The highest BCUT2D eigenvalue weighted by Gasteiger charge is 2.24. The third-order valence-corrected chi connectivity index (χ3v) is 5.83. The van der Waals surface area contributed by atoms with Crippen LogP contribution in [-0.4, -0.2) is 59.5 Å². The number of carbonyl (C=O) groups is 1. The Balaban J connectivity index is 1.41. The molecular weight excluding hydrogens is 382 g/mol. The first kappa shape index (κ1) is 20.5. The summed E-state index contributed by atoms with van der Waals surface area (Å²) < 4.78 is 16.3. The predicted octanol–water partition coefficient (Wildman–Crippen LogP) is 1.12.